The van der Waals surface area contributed by atoms with Gasteiger partial charge in [-0.15, -0.1) is 0 Å². The second kappa shape index (κ2) is 5.32. The van der Waals surface area contributed by atoms with E-state index in [1.807, 2.05) is 6.20 Å². The van der Waals surface area contributed by atoms with Crippen LogP contribution >= 0.6 is 12.6 Å². The van der Waals surface area contributed by atoms with Gasteiger partial charge in [-0.1, -0.05) is 13.8 Å². The molecule has 1 heterocycles. The van der Waals surface area contributed by atoms with Gasteiger partial charge in [-0.3, -0.25) is 4.68 Å². The van der Waals surface area contributed by atoms with E-state index in [0.29, 0.717) is 5.92 Å². The Labute approximate surface area is 85.7 Å². The van der Waals surface area contributed by atoms with Gasteiger partial charge in [0.25, 0.3) is 0 Å². The number of aromatic nitrogens is 2. The van der Waals surface area contributed by atoms with Crippen LogP contribution in [0.4, 0.5) is 0 Å². The number of hydrogen-bond acceptors (Lipinski definition) is 2. The van der Waals surface area contributed by atoms with Gasteiger partial charge in [-0.05, 0) is 30.6 Å². The molecule has 74 valence electrons. The Bertz CT molecular complexity index is 243. The van der Waals surface area contributed by atoms with Crippen molar-refractivity contribution in [3.63, 3.8) is 0 Å². The lowest BCUT2D eigenvalue weighted by molar-refractivity contribution is 0.467. The minimum absolute atomic E-state index is 0.662. The first-order chi connectivity index (χ1) is 6.24. The maximum Gasteiger partial charge on any atom is 0.0492 e. The van der Waals surface area contributed by atoms with Crippen LogP contribution in [0.2, 0.25) is 0 Å². The summed E-state index contributed by atoms with van der Waals surface area (Å²) in [7, 11) is 0. The summed E-state index contributed by atoms with van der Waals surface area (Å²) in [5.74, 6) is 1.61. The Kier molecular flexibility index (Phi) is 4.36. The molecular weight excluding hydrogens is 180 g/mol. The topological polar surface area (TPSA) is 17.8 Å². The molecule has 0 aliphatic heterocycles. The summed E-state index contributed by atoms with van der Waals surface area (Å²) in [5.41, 5.74) is 1.34. The zero-order valence-corrected chi connectivity index (χ0v) is 9.30. The van der Waals surface area contributed by atoms with E-state index in [0.717, 1.165) is 25.1 Å². The molecule has 0 aromatic carbocycles. The number of nitrogens with zero attached hydrogens (tertiary/aromatic N) is 2. The fraction of sp³-hybridized carbons (Fsp3) is 0.700. The zero-order valence-electron chi connectivity index (χ0n) is 8.40. The van der Waals surface area contributed by atoms with Crippen LogP contribution < -0.4 is 0 Å². The Hall–Kier alpha value is -0.440. The van der Waals surface area contributed by atoms with E-state index in [4.69, 9.17) is 0 Å². The highest BCUT2D eigenvalue weighted by atomic mass is 32.1. The fourth-order valence-electron chi connectivity index (χ4n) is 1.34. The van der Waals surface area contributed by atoms with Crippen LogP contribution in [0.3, 0.4) is 0 Å². The molecule has 1 rings (SSSR count). The molecule has 0 atom stereocenters. The van der Waals surface area contributed by atoms with Crippen LogP contribution in [0.1, 0.15) is 26.0 Å². The van der Waals surface area contributed by atoms with Crippen molar-refractivity contribution >= 4 is 12.6 Å². The molecule has 0 bridgehead atoms. The molecule has 0 unspecified atom stereocenters. The second-order valence-corrected chi connectivity index (χ2v) is 4.17. The number of hydrogen-bond donors (Lipinski definition) is 1. The average Bonchev–Trinajstić information content (AvgIpc) is 2.48. The SMILES string of the molecule is CC(C)Cn1nccc1CCCS. The highest BCUT2D eigenvalue weighted by Crippen LogP contribution is 2.06. The highest BCUT2D eigenvalue weighted by molar-refractivity contribution is 7.80. The molecule has 0 fully saturated rings. The number of thiol groups is 1. The first kappa shape index (κ1) is 10.6. The number of rotatable bonds is 5. The van der Waals surface area contributed by atoms with Crippen LogP contribution in [0.15, 0.2) is 12.3 Å². The lowest BCUT2D eigenvalue weighted by Crippen LogP contribution is -2.09. The summed E-state index contributed by atoms with van der Waals surface area (Å²) < 4.78 is 2.11. The molecule has 3 heteroatoms. The summed E-state index contributed by atoms with van der Waals surface area (Å²) in [4.78, 5) is 0. The summed E-state index contributed by atoms with van der Waals surface area (Å²) >= 11 is 4.21. The van der Waals surface area contributed by atoms with Gasteiger partial charge in [0.1, 0.15) is 0 Å². The predicted molar refractivity (Wildman–Crippen MR) is 59.2 cm³/mol. The second-order valence-electron chi connectivity index (χ2n) is 3.73. The van der Waals surface area contributed by atoms with Gasteiger partial charge < -0.3 is 0 Å². The van der Waals surface area contributed by atoms with Crippen molar-refractivity contribution in [2.45, 2.75) is 33.2 Å². The van der Waals surface area contributed by atoms with Crippen molar-refractivity contribution < 1.29 is 0 Å². The van der Waals surface area contributed by atoms with Crippen molar-refractivity contribution in [3.05, 3.63) is 18.0 Å². The summed E-state index contributed by atoms with van der Waals surface area (Å²) in [6, 6.07) is 2.10. The van der Waals surface area contributed by atoms with Crippen molar-refractivity contribution in [2.75, 3.05) is 5.75 Å². The third-order valence-electron chi connectivity index (χ3n) is 1.93. The minimum Gasteiger partial charge on any atom is -0.269 e. The van der Waals surface area contributed by atoms with E-state index < -0.39 is 0 Å². The molecular formula is C10H18N2S. The van der Waals surface area contributed by atoms with Gasteiger partial charge in [0.15, 0.2) is 0 Å². The summed E-state index contributed by atoms with van der Waals surface area (Å²) in [5, 5.41) is 4.30. The molecule has 0 spiro atoms. The van der Waals surface area contributed by atoms with Gasteiger partial charge in [-0.25, -0.2) is 0 Å². The van der Waals surface area contributed by atoms with Crippen LogP contribution in [-0.4, -0.2) is 15.5 Å². The largest absolute Gasteiger partial charge is 0.269 e. The van der Waals surface area contributed by atoms with Crippen LogP contribution in [-0.2, 0) is 13.0 Å². The average molecular weight is 198 g/mol. The van der Waals surface area contributed by atoms with Crippen LogP contribution in [0.25, 0.3) is 0 Å². The maximum absolute atomic E-state index is 4.30. The fourth-order valence-corrected chi connectivity index (χ4v) is 1.50. The summed E-state index contributed by atoms with van der Waals surface area (Å²) in [6.45, 7) is 5.45. The normalized spacial score (nSPS) is 11.1. The molecule has 0 aliphatic carbocycles. The Morgan fingerprint density at radius 1 is 1.54 bits per heavy atom. The van der Waals surface area contributed by atoms with Gasteiger partial charge in [-0.2, -0.15) is 17.7 Å². The predicted octanol–water partition coefficient (Wildman–Crippen LogP) is 2.40. The maximum atomic E-state index is 4.30. The zero-order chi connectivity index (χ0) is 9.68. The molecule has 0 N–H and O–H groups in total. The number of aryl methyl sites for hydroxylation is 1. The molecule has 1 aromatic rings. The van der Waals surface area contributed by atoms with Crippen molar-refractivity contribution in [2.24, 2.45) is 5.92 Å². The van der Waals surface area contributed by atoms with Crippen molar-refractivity contribution in [1.29, 1.82) is 0 Å². The van der Waals surface area contributed by atoms with Gasteiger partial charge >= 0.3 is 0 Å². The van der Waals surface area contributed by atoms with E-state index in [1.54, 1.807) is 0 Å². The molecule has 0 saturated carbocycles. The van der Waals surface area contributed by atoms with E-state index in [-0.39, 0.29) is 0 Å². The standard InChI is InChI=1S/C10H18N2S/c1-9(2)8-12-10(4-3-7-13)5-6-11-12/h5-6,9,13H,3-4,7-8H2,1-2H3. The Morgan fingerprint density at radius 3 is 2.92 bits per heavy atom. The van der Waals surface area contributed by atoms with Crippen molar-refractivity contribution in [1.82, 2.24) is 9.78 Å². The summed E-state index contributed by atoms with van der Waals surface area (Å²) in [6.07, 6.45) is 4.11. The lowest BCUT2D eigenvalue weighted by atomic mass is 10.2. The first-order valence-corrected chi connectivity index (χ1v) is 5.49. The molecule has 13 heavy (non-hydrogen) atoms. The van der Waals surface area contributed by atoms with E-state index >= 15 is 0 Å². The minimum atomic E-state index is 0.662. The third-order valence-corrected chi connectivity index (χ3v) is 2.25. The van der Waals surface area contributed by atoms with Gasteiger partial charge in [0.2, 0.25) is 0 Å². The van der Waals surface area contributed by atoms with Crippen LogP contribution in [0.5, 0.6) is 0 Å². The van der Waals surface area contributed by atoms with Gasteiger partial charge in [0, 0.05) is 18.4 Å². The third kappa shape index (κ3) is 3.43. The molecule has 0 amide bonds. The van der Waals surface area contributed by atoms with Crippen molar-refractivity contribution in [3.8, 4) is 0 Å². The van der Waals surface area contributed by atoms with E-state index in [9.17, 15) is 0 Å². The Morgan fingerprint density at radius 2 is 2.31 bits per heavy atom. The first-order valence-electron chi connectivity index (χ1n) is 4.85. The molecule has 2 nitrogen and oxygen atoms in total. The van der Waals surface area contributed by atoms with E-state index in [2.05, 4.69) is 42.3 Å². The van der Waals surface area contributed by atoms with E-state index in [1.165, 1.54) is 5.69 Å². The molecule has 1 aromatic heterocycles. The molecule has 0 radical (unpaired) electrons. The highest BCUT2D eigenvalue weighted by Gasteiger charge is 2.03. The monoisotopic (exact) mass is 198 g/mol. The molecule has 0 aliphatic rings. The smallest absolute Gasteiger partial charge is 0.0492 e. The quantitative estimate of drug-likeness (QED) is 0.719. The van der Waals surface area contributed by atoms with Gasteiger partial charge in [0.05, 0.1) is 0 Å². The Balaban J connectivity index is 2.55. The van der Waals surface area contributed by atoms with Crippen LogP contribution in [0, 0.1) is 5.92 Å². The lowest BCUT2D eigenvalue weighted by Gasteiger charge is -2.09. The molecule has 0 saturated heterocycles.